The number of halogens is 1. The van der Waals surface area contributed by atoms with E-state index in [0.717, 1.165) is 29.4 Å². The van der Waals surface area contributed by atoms with Crippen molar-refractivity contribution in [2.24, 2.45) is 0 Å². The maximum Gasteiger partial charge on any atom is 0.319 e. The van der Waals surface area contributed by atoms with Gasteiger partial charge in [-0.3, -0.25) is 0 Å². The Morgan fingerprint density at radius 2 is 2.24 bits per heavy atom. The lowest BCUT2D eigenvalue weighted by Gasteiger charge is -2.36. The third kappa shape index (κ3) is 3.44. The molecular weight excluding hydrogens is 284 g/mol. The lowest BCUT2D eigenvalue weighted by molar-refractivity contribution is -0.0287. The second kappa shape index (κ2) is 5.06. The molecule has 0 bridgehead atoms. The van der Waals surface area contributed by atoms with E-state index in [1.54, 1.807) is 0 Å². The fourth-order valence-electron chi connectivity index (χ4n) is 1.75. The third-order valence-corrected chi connectivity index (χ3v) is 3.44. The minimum Gasteiger partial charge on any atom is -0.388 e. The molecule has 1 saturated carbocycles. The second-order valence-corrected chi connectivity index (χ2v) is 5.31. The molecule has 0 aliphatic heterocycles. The largest absolute Gasteiger partial charge is 0.388 e. The number of benzene rings is 1. The molecule has 2 amide bonds. The van der Waals surface area contributed by atoms with E-state index in [1.165, 1.54) is 0 Å². The Bertz CT molecular complexity index is 419. The highest BCUT2D eigenvalue weighted by molar-refractivity contribution is 9.10. The first-order valence-electron chi connectivity index (χ1n) is 5.60. The molecule has 2 rings (SSSR count). The molecule has 0 radical (unpaired) electrons. The quantitative estimate of drug-likeness (QED) is 0.803. The van der Waals surface area contributed by atoms with Crippen molar-refractivity contribution in [1.29, 1.82) is 0 Å². The molecule has 4 nitrogen and oxygen atoms in total. The van der Waals surface area contributed by atoms with Crippen LogP contribution in [0.5, 0.6) is 0 Å². The Hall–Kier alpha value is -1.07. The average Bonchev–Trinajstić information content (AvgIpc) is 2.24. The van der Waals surface area contributed by atoms with Crippen LogP contribution in [0.25, 0.3) is 0 Å². The zero-order valence-corrected chi connectivity index (χ0v) is 11.0. The Labute approximate surface area is 109 Å². The number of hydrogen-bond donors (Lipinski definition) is 3. The molecule has 3 N–H and O–H groups in total. The molecule has 0 aromatic heterocycles. The van der Waals surface area contributed by atoms with E-state index < -0.39 is 5.60 Å². The van der Waals surface area contributed by atoms with Gasteiger partial charge in [-0.05, 0) is 37.5 Å². The first kappa shape index (κ1) is 12.4. The van der Waals surface area contributed by atoms with Crippen LogP contribution >= 0.6 is 15.9 Å². The van der Waals surface area contributed by atoms with Crippen molar-refractivity contribution in [2.75, 3.05) is 11.9 Å². The summed E-state index contributed by atoms with van der Waals surface area (Å²) in [4.78, 5) is 11.6. The zero-order valence-electron chi connectivity index (χ0n) is 9.37. The molecule has 1 aromatic rings. The summed E-state index contributed by atoms with van der Waals surface area (Å²) in [5.74, 6) is 0. The van der Waals surface area contributed by atoms with Crippen LogP contribution in [-0.2, 0) is 0 Å². The predicted molar refractivity (Wildman–Crippen MR) is 70.0 cm³/mol. The van der Waals surface area contributed by atoms with Crippen molar-refractivity contribution in [2.45, 2.75) is 24.9 Å². The molecule has 1 fully saturated rings. The standard InChI is InChI=1S/C12H15BrN2O2/c13-9-3-1-4-10(7-9)15-11(16)14-8-12(17)5-2-6-12/h1,3-4,7,17H,2,5-6,8H2,(H2,14,15,16). The number of anilines is 1. The van der Waals surface area contributed by atoms with Crippen LogP contribution in [0.3, 0.4) is 0 Å². The lowest BCUT2D eigenvalue weighted by atomic mass is 9.80. The summed E-state index contributed by atoms with van der Waals surface area (Å²) in [5.41, 5.74) is 0.0340. The van der Waals surface area contributed by atoms with Crippen LogP contribution in [0.4, 0.5) is 10.5 Å². The smallest absolute Gasteiger partial charge is 0.319 e. The average molecular weight is 299 g/mol. The van der Waals surface area contributed by atoms with Gasteiger partial charge in [0.15, 0.2) is 0 Å². The highest BCUT2D eigenvalue weighted by atomic mass is 79.9. The van der Waals surface area contributed by atoms with E-state index in [9.17, 15) is 9.90 Å². The van der Waals surface area contributed by atoms with E-state index >= 15 is 0 Å². The molecule has 1 aromatic carbocycles. The lowest BCUT2D eigenvalue weighted by Crippen LogP contribution is -2.48. The molecule has 0 atom stereocenters. The van der Waals surface area contributed by atoms with Gasteiger partial charge in [0.05, 0.1) is 5.60 Å². The molecule has 1 aliphatic carbocycles. The first-order valence-corrected chi connectivity index (χ1v) is 6.40. The molecular formula is C12H15BrN2O2. The molecule has 1 aliphatic rings. The zero-order chi connectivity index (χ0) is 12.3. The highest BCUT2D eigenvalue weighted by Crippen LogP contribution is 2.30. The Kier molecular flexibility index (Phi) is 3.69. The van der Waals surface area contributed by atoms with Crippen LogP contribution in [0.2, 0.25) is 0 Å². The van der Waals surface area contributed by atoms with Crippen LogP contribution in [0.15, 0.2) is 28.7 Å². The molecule has 0 spiro atoms. The summed E-state index contributed by atoms with van der Waals surface area (Å²) in [6.45, 7) is 0.312. The van der Waals surface area contributed by atoms with Crippen molar-refractivity contribution in [3.8, 4) is 0 Å². The summed E-state index contributed by atoms with van der Waals surface area (Å²) >= 11 is 3.33. The number of amides is 2. The van der Waals surface area contributed by atoms with Gasteiger partial charge in [-0.1, -0.05) is 22.0 Å². The Morgan fingerprint density at radius 3 is 2.82 bits per heavy atom. The minimum absolute atomic E-state index is 0.288. The van der Waals surface area contributed by atoms with Crippen LogP contribution < -0.4 is 10.6 Å². The number of hydrogen-bond acceptors (Lipinski definition) is 2. The summed E-state index contributed by atoms with van der Waals surface area (Å²) in [5, 5.41) is 15.2. The van der Waals surface area contributed by atoms with E-state index in [2.05, 4.69) is 26.6 Å². The van der Waals surface area contributed by atoms with Gasteiger partial charge >= 0.3 is 6.03 Å². The summed E-state index contributed by atoms with van der Waals surface area (Å²) in [7, 11) is 0. The Morgan fingerprint density at radius 1 is 1.47 bits per heavy atom. The first-order chi connectivity index (χ1) is 8.07. The molecule has 0 saturated heterocycles. The molecule has 5 heteroatoms. The van der Waals surface area contributed by atoms with E-state index in [-0.39, 0.29) is 6.03 Å². The van der Waals surface area contributed by atoms with Crippen LogP contribution in [0.1, 0.15) is 19.3 Å². The molecule has 0 heterocycles. The van der Waals surface area contributed by atoms with Crippen molar-refractivity contribution >= 4 is 27.6 Å². The predicted octanol–water partition coefficient (Wildman–Crippen LogP) is 2.49. The van der Waals surface area contributed by atoms with Gasteiger partial charge in [0, 0.05) is 16.7 Å². The van der Waals surface area contributed by atoms with Gasteiger partial charge in [-0.25, -0.2) is 4.79 Å². The van der Waals surface area contributed by atoms with Gasteiger partial charge < -0.3 is 15.7 Å². The fraction of sp³-hybridized carbons (Fsp3) is 0.417. The normalized spacial score (nSPS) is 17.1. The number of nitrogens with one attached hydrogen (secondary N) is 2. The van der Waals surface area contributed by atoms with Crippen molar-refractivity contribution in [3.63, 3.8) is 0 Å². The molecule has 17 heavy (non-hydrogen) atoms. The topological polar surface area (TPSA) is 61.4 Å². The van der Waals surface area contributed by atoms with E-state index in [4.69, 9.17) is 0 Å². The highest BCUT2D eigenvalue weighted by Gasteiger charge is 2.34. The maximum atomic E-state index is 11.6. The monoisotopic (exact) mass is 298 g/mol. The minimum atomic E-state index is -0.686. The Balaban J connectivity index is 1.81. The van der Waals surface area contributed by atoms with Crippen LogP contribution in [-0.4, -0.2) is 23.3 Å². The summed E-state index contributed by atoms with van der Waals surface area (Å²) < 4.78 is 0.910. The third-order valence-electron chi connectivity index (χ3n) is 2.94. The summed E-state index contributed by atoms with van der Waals surface area (Å²) in [6, 6.07) is 7.07. The van der Waals surface area contributed by atoms with E-state index in [0.29, 0.717) is 6.54 Å². The van der Waals surface area contributed by atoms with Crippen molar-refractivity contribution in [3.05, 3.63) is 28.7 Å². The number of urea groups is 1. The number of carbonyl (C=O) groups excluding carboxylic acids is 1. The van der Waals surface area contributed by atoms with Gasteiger partial charge in [0.25, 0.3) is 0 Å². The van der Waals surface area contributed by atoms with Gasteiger partial charge in [0.2, 0.25) is 0 Å². The van der Waals surface area contributed by atoms with Gasteiger partial charge in [-0.2, -0.15) is 0 Å². The van der Waals surface area contributed by atoms with Crippen molar-refractivity contribution in [1.82, 2.24) is 5.32 Å². The van der Waals surface area contributed by atoms with Crippen molar-refractivity contribution < 1.29 is 9.90 Å². The number of aliphatic hydroxyl groups is 1. The maximum absolute atomic E-state index is 11.6. The second-order valence-electron chi connectivity index (χ2n) is 4.40. The molecule has 0 unspecified atom stereocenters. The molecule has 92 valence electrons. The van der Waals surface area contributed by atoms with Crippen LogP contribution in [0, 0.1) is 0 Å². The SMILES string of the molecule is O=C(NCC1(O)CCC1)Nc1cccc(Br)c1. The van der Waals surface area contributed by atoms with E-state index in [1.807, 2.05) is 24.3 Å². The van der Waals surface area contributed by atoms with Gasteiger partial charge in [-0.15, -0.1) is 0 Å². The number of carbonyl (C=O) groups is 1. The van der Waals surface area contributed by atoms with Gasteiger partial charge in [0.1, 0.15) is 0 Å². The fourth-order valence-corrected chi connectivity index (χ4v) is 2.15. The number of rotatable bonds is 3. The summed E-state index contributed by atoms with van der Waals surface area (Å²) in [6.07, 6.45) is 2.57.